The number of aromatic nitrogens is 1. The standard InChI is InChI=1S/C21H23ClN2O2/c1-4-26-14(2)13-24(3)21(25)20-19(15-8-6-5-7-9-15)17-12-16(22)10-11-18(17)23-20/h5-12,14,23H,4,13H2,1-3H3. The maximum absolute atomic E-state index is 13.1. The molecule has 0 aliphatic heterocycles. The molecule has 0 radical (unpaired) electrons. The van der Waals surface area contributed by atoms with E-state index in [0.29, 0.717) is 23.9 Å². The molecule has 0 aliphatic carbocycles. The number of amides is 1. The third-order valence-corrected chi connectivity index (χ3v) is 4.60. The molecule has 26 heavy (non-hydrogen) atoms. The fourth-order valence-electron chi connectivity index (χ4n) is 3.23. The highest BCUT2D eigenvalue weighted by molar-refractivity contribution is 6.31. The number of halogens is 1. The second-order valence-electron chi connectivity index (χ2n) is 6.38. The van der Waals surface area contributed by atoms with Crippen LogP contribution in [0.25, 0.3) is 22.0 Å². The first-order valence-electron chi connectivity index (χ1n) is 8.75. The zero-order valence-electron chi connectivity index (χ0n) is 15.3. The van der Waals surface area contributed by atoms with Crippen LogP contribution in [0.4, 0.5) is 0 Å². The quantitative estimate of drug-likeness (QED) is 0.664. The lowest BCUT2D eigenvalue weighted by Gasteiger charge is -2.21. The molecule has 136 valence electrons. The Kier molecular flexibility index (Phi) is 5.64. The molecule has 5 heteroatoms. The van der Waals surface area contributed by atoms with Crippen LogP contribution < -0.4 is 0 Å². The van der Waals surface area contributed by atoms with Gasteiger partial charge >= 0.3 is 0 Å². The van der Waals surface area contributed by atoms with E-state index < -0.39 is 0 Å². The van der Waals surface area contributed by atoms with Gasteiger partial charge in [0.1, 0.15) is 5.69 Å². The van der Waals surface area contributed by atoms with E-state index in [1.807, 2.05) is 62.4 Å². The van der Waals surface area contributed by atoms with Crippen LogP contribution in [0.1, 0.15) is 24.3 Å². The van der Waals surface area contributed by atoms with E-state index in [2.05, 4.69) is 4.98 Å². The fourth-order valence-corrected chi connectivity index (χ4v) is 3.40. The normalized spacial score (nSPS) is 12.3. The van der Waals surface area contributed by atoms with Crippen LogP contribution in [0.3, 0.4) is 0 Å². The first-order chi connectivity index (χ1) is 12.5. The number of rotatable bonds is 6. The van der Waals surface area contributed by atoms with Crippen LogP contribution in [0.15, 0.2) is 48.5 Å². The summed E-state index contributed by atoms with van der Waals surface area (Å²) in [6.07, 6.45) is -0.0204. The number of hydrogen-bond acceptors (Lipinski definition) is 2. The third-order valence-electron chi connectivity index (χ3n) is 4.37. The van der Waals surface area contributed by atoms with Crippen LogP contribution in [0, 0.1) is 0 Å². The number of benzene rings is 2. The summed E-state index contributed by atoms with van der Waals surface area (Å²) in [7, 11) is 1.80. The summed E-state index contributed by atoms with van der Waals surface area (Å²) in [5.74, 6) is -0.0669. The van der Waals surface area contributed by atoms with Gasteiger partial charge in [-0.3, -0.25) is 4.79 Å². The smallest absolute Gasteiger partial charge is 0.270 e. The van der Waals surface area contributed by atoms with Crippen molar-refractivity contribution in [1.82, 2.24) is 9.88 Å². The van der Waals surface area contributed by atoms with Gasteiger partial charge in [0.05, 0.1) is 6.10 Å². The van der Waals surface area contributed by atoms with E-state index in [-0.39, 0.29) is 12.0 Å². The van der Waals surface area contributed by atoms with Crippen molar-refractivity contribution in [1.29, 1.82) is 0 Å². The van der Waals surface area contributed by atoms with Crippen molar-refractivity contribution in [2.75, 3.05) is 20.2 Å². The SMILES string of the molecule is CCOC(C)CN(C)C(=O)c1[nH]c2ccc(Cl)cc2c1-c1ccccc1. The average molecular weight is 371 g/mol. The summed E-state index contributed by atoms with van der Waals surface area (Å²) >= 11 is 6.21. The van der Waals surface area contributed by atoms with Crippen molar-refractivity contribution in [2.45, 2.75) is 20.0 Å². The van der Waals surface area contributed by atoms with E-state index in [1.165, 1.54) is 0 Å². The van der Waals surface area contributed by atoms with E-state index >= 15 is 0 Å². The molecule has 2 aromatic carbocycles. The van der Waals surface area contributed by atoms with Gasteiger partial charge in [0.25, 0.3) is 5.91 Å². The molecule has 3 aromatic rings. The minimum atomic E-state index is -0.0669. The zero-order chi connectivity index (χ0) is 18.7. The van der Waals surface area contributed by atoms with Gasteiger partial charge in [-0.1, -0.05) is 41.9 Å². The Hall–Kier alpha value is -2.30. The molecule has 4 nitrogen and oxygen atoms in total. The van der Waals surface area contributed by atoms with Gasteiger partial charge in [0.2, 0.25) is 0 Å². The number of fused-ring (bicyclic) bond motifs is 1. The predicted octanol–water partition coefficient (Wildman–Crippen LogP) is 4.99. The van der Waals surface area contributed by atoms with Crippen LogP contribution in [-0.4, -0.2) is 42.1 Å². The highest BCUT2D eigenvalue weighted by Gasteiger charge is 2.23. The van der Waals surface area contributed by atoms with Crippen LogP contribution >= 0.6 is 11.6 Å². The Morgan fingerprint density at radius 1 is 1.23 bits per heavy atom. The molecule has 1 aromatic heterocycles. The van der Waals surface area contributed by atoms with Crippen molar-refractivity contribution in [3.05, 3.63) is 59.2 Å². The predicted molar refractivity (Wildman–Crippen MR) is 107 cm³/mol. The van der Waals surface area contributed by atoms with Gasteiger partial charge in [-0.15, -0.1) is 0 Å². The molecule has 0 fully saturated rings. The number of aromatic amines is 1. The van der Waals surface area contributed by atoms with E-state index in [9.17, 15) is 4.79 Å². The summed E-state index contributed by atoms with van der Waals surface area (Å²) in [6.45, 7) is 5.07. The van der Waals surface area contributed by atoms with Crippen LogP contribution in [0.5, 0.6) is 0 Å². The minimum absolute atomic E-state index is 0.0204. The number of ether oxygens (including phenoxy) is 1. The lowest BCUT2D eigenvalue weighted by Crippen LogP contribution is -2.34. The molecular formula is C21H23ClN2O2. The summed E-state index contributed by atoms with van der Waals surface area (Å²) in [5.41, 5.74) is 3.32. The number of nitrogens with one attached hydrogen (secondary N) is 1. The zero-order valence-corrected chi connectivity index (χ0v) is 16.0. The Balaban J connectivity index is 2.06. The number of hydrogen-bond donors (Lipinski definition) is 1. The lowest BCUT2D eigenvalue weighted by atomic mass is 10.0. The molecule has 1 amide bonds. The number of carbonyl (C=O) groups is 1. The van der Waals surface area contributed by atoms with Gasteiger partial charge in [-0.2, -0.15) is 0 Å². The molecule has 0 saturated carbocycles. The summed E-state index contributed by atoms with van der Waals surface area (Å²) < 4.78 is 5.57. The molecular weight excluding hydrogens is 348 g/mol. The molecule has 0 aliphatic rings. The fraction of sp³-hybridized carbons (Fsp3) is 0.286. The molecule has 0 saturated heterocycles. The third kappa shape index (κ3) is 3.76. The van der Waals surface area contributed by atoms with Crippen LogP contribution in [-0.2, 0) is 4.74 Å². The monoisotopic (exact) mass is 370 g/mol. The second-order valence-corrected chi connectivity index (χ2v) is 6.82. The molecule has 1 unspecified atom stereocenters. The topological polar surface area (TPSA) is 45.3 Å². The summed E-state index contributed by atoms with van der Waals surface area (Å²) in [4.78, 5) is 18.1. The van der Waals surface area contributed by atoms with Crippen LogP contribution in [0.2, 0.25) is 5.02 Å². The lowest BCUT2D eigenvalue weighted by molar-refractivity contribution is 0.0434. The summed E-state index contributed by atoms with van der Waals surface area (Å²) in [5, 5.41) is 1.59. The van der Waals surface area contributed by atoms with Crippen molar-refractivity contribution in [2.24, 2.45) is 0 Å². The molecule has 1 atom stereocenters. The first-order valence-corrected chi connectivity index (χ1v) is 9.12. The van der Waals surface area contributed by atoms with Crippen molar-refractivity contribution >= 4 is 28.4 Å². The highest BCUT2D eigenvalue weighted by atomic mass is 35.5. The number of H-pyrrole nitrogens is 1. The van der Waals surface area contributed by atoms with E-state index in [4.69, 9.17) is 16.3 Å². The van der Waals surface area contributed by atoms with Gasteiger partial charge in [-0.05, 0) is 37.6 Å². The number of likely N-dealkylation sites (N-methyl/N-ethyl adjacent to an activating group) is 1. The van der Waals surface area contributed by atoms with Crippen molar-refractivity contribution in [3.63, 3.8) is 0 Å². The Morgan fingerprint density at radius 2 is 1.96 bits per heavy atom. The molecule has 0 spiro atoms. The average Bonchev–Trinajstić information content (AvgIpc) is 3.00. The minimum Gasteiger partial charge on any atom is -0.377 e. The molecule has 1 heterocycles. The largest absolute Gasteiger partial charge is 0.377 e. The Labute approximate surface area is 158 Å². The molecule has 3 rings (SSSR count). The van der Waals surface area contributed by atoms with E-state index in [1.54, 1.807) is 11.9 Å². The van der Waals surface area contributed by atoms with Crippen molar-refractivity contribution < 1.29 is 9.53 Å². The van der Waals surface area contributed by atoms with Gasteiger partial charge in [0, 0.05) is 41.7 Å². The first kappa shape index (κ1) is 18.5. The molecule has 1 N–H and O–H groups in total. The maximum atomic E-state index is 13.1. The van der Waals surface area contributed by atoms with Gasteiger partial charge in [0.15, 0.2) is 0 Å². The van der Waals surface area contributed by atoms with Crippen molar-refractivity contribution in [3.8, 4) is 11.1 Å². The maximum Gasteiger partial charge on any atom is 0.270 e. The van der Waals surface area contributed by atoms with E-state index in [0.717, 1.165) is 22.0 Å². The highest BCUT2D eigenvalue weighted by Crippen LogP contribution is 2.34. The Bertz CT molecular complexity index is 905. The number of nitrogens with zero attached hydrogens (tertiary/aromatic N) is 1. The van der Waals surface area contributed by atoms with Gasteiger partial charge in [-0.25, -0.2) is 0 Å². The molecule has 0 bridgehead atoms. The van der Waals surface area contributed by atoms with Gasteiger partial charge < -0.3 is 14.6 Å². The second kappa shape index (κ2) is 7.94. The number of carbonyl (C=O) groups excluding carboxylic acids is 1. The Morgan fingerprint density at radius 3 is 2.65 bits per heavy atom. The summed E-state index contributed by atoms with van der Waals surface area (Å²) in [6, 6.07) is 15.5.